The van der Waals surface area contributed by atoms with Gasteiger partial charge in [0.1, 0.15) is 0 Å². The third kappa shape index (κ3) is 4.94. The molecule has 0 heterocycles. The summed E-state index contributed by atoms with van der Waals surface area (Å²) < 4.78 is 23.6. The van der Waals surface area contributed by atoms with Gasteiger partial charge in [-0.05, 0) is 0 Å². The molecule has 0 bridgehead atoms. The second-order valence-electron chi connectivity index (χ2n) is 10.5. The molecule has 3 aliphatic rings. The van der Waals surface area contributed by atoms with Crippen LogP contribution in [0.5, 0.6) is 0 Å². The maximum atomic E-state index is 11.8. The van der Waals surface area contributed by atoms with E-state index < -0.39 is 14.4 Å². The average Bonchev–Trinajstić information content (AvgIpc) is 2.81. The topological polar surface area (TPSA) is 34.1 Å². The van der Waals surface area contributed by atoms with Crippen molar-refractivity contribution in [2.75, 3.05) is 0 Å². The van der Waals surface area contributed by atoms with E-state index in [-0.39, 0.29) is 4.90 Å². The molecule has 0 saturated heterocycles. The molecular formula is C25H39BrClO2PS. The zero-order chi connectivity index (χ0) is 22.0. The van der Waals surface area contributed by atoms with Crippen LogP contribution in [-0.2, 0) is 15.2 Å². The summed E-state index contributed by atoms with van der Waals surface area (Å²) in [6.07, 6.45) is 22.0. The van der Waals surface area contributed by atoms with Crippen molar-refractivity contribution in [3.05, 3.63) is 29.8 Å². The van der Waals surface area contributed by atoms with Gasteiger partial charge in [-0.3, -0.25) is 0 Å². The fourth-order valence-electron chi connectivity index (χ4n) is 7.40. The first-order valence-corrected chi connectivity index (χ1v) is 19.5. The van der Waals surface area contributed by atoms with E-state index in [9.17, 15) is 8.42 Å². The van der Waals surface area contributed by atoms with Gasteiger partial charge in [0.05, 0.1) is 0 Å². The monoisotopic (exact) mass is 548 g/mol. The Morgan fingerprint density at radius 1 is 0.710 bits per heavy atom. The van der Waals surface area contributed by atoms with Crippen molar-refractivity contribution >= 4 is 40.5 Å². The molecule has 2 nitrogen and oxygen atoms in total. The minimum absolute atomic E-state index is 0.223. The Kier molecular flexibility index (Phi) is 7.84. The van der Waals surface area contributed by atoms with Gasteiger partial charge in [0.2, 0.25) is 0 Å². The Labute approximate surface area is 202 Å². The average molecular weight is 550 g/mol. The zero-order valence-corrected chi connectivity index (χ0v) is 22.8. The van der Waals surface area contributed by atoms with Crippen molar-refractivity contribution in [1.29, 1.82) is 0 Å². The van der Waals surface area contributed by atoms with Gasteiger partial charge >= 0.3 is 203 Å². The van der Waals surface area contributed by atoms with Gasteiger partial charge in [-0.2, -0.15) is 0 Å². The second kappa shape index (κ2) is 9.93. The van der Waals surface area contributed by atoms with Crippen LogP contribution in [0.2, 0.25) is 0 Å². The third-order valence-corrected chi connectivity index (χ3v) is 23.7. The molecule has 4 rings (SSSR count). The molecule has 0 radical (unpaired) electrons. The number of hydrogen-bond acceptors (Lipinski definition) is 2. The van der Waals surface area contributed by atoms with E-state index in [1.165, 1.54) is 102 Å². The summed E-state index contributed by atoms with van der Waals surface area (Å²) in [6.45, 7) is 0. The first-order chi connectivity index (χ1) is 14.8. The van der Waals surface area contributed by atoms with E-state index >= 15 is 0 Å². The van der Waals surface area contributed by atoms with Gasteiger partial charge in [0.25, 0.3) is 0 Å². The molecule has 6 heteroatoms. The van der Waals surface area contributed by atoms with E-state index in [0.717, 1.165) is 23.1 Å². The number of rotatable bonds is 6. The molecular weight excluding hydrogens is 511 g/mol. The molecule has 1 aromatic carbocycles. The second-order valence-corrected chi connectivity index (χ2v) is 23.6. The summed E-state index contributed by atoms with van der Waals surface area (Å²) in [5, 5.41) is -2.28. The standard InChI is InChI=1S/C25H39BrClO2PS/c26-30(22-10-4-1-5-11-22,23-12-6-2-7-13-23,24-14-8-3-9-15-24)20-21-16-18-25(19-17-21)31(27,28)29/h16-19,22-24H,1-15,20H2. The van der Waals surface area contributed by atoms with E-state index in [4.69, 9.17) is 26.2 Å². The van der Waals surface area contributed by atoms with Gasteiger partial charge < -0.3 is 0 Å². The fraction of sp³-hybridized carbons (Fsp3) is 0.760. The van der Waals surface area contributed by atoms with E-state index in [2.05, 4.69) is 12.1 Å². The molecule has 0 spiro atoms. The van der Waals surface area contributed by atoms with E-state index in [0.29, 0.717) is 0 Å². The van der Waals surface area contributed by atoms with Gasteiger partial charge in [0, 0.05) is 0 Å². The van der Waals surface area contributed by atoms with Crippen LogP contribution in [0, 0.1) is 0 Å². The normalized spacial score (nSPS) is 24.5. The molecule has 0 aliphatic heterocycles. The van der Waals surface area contributed by atoms with Crippen LogP contribution >= 0.6 is 31.5 Å². The first-order valence-electron chi connectivity index (χ1n) is 12.6. The van der Waals surface area contributed by atoms with Gasteiger partial charge in [-0.1, -0.05) is 0 Å². The molecule has 0 amide bonds. The molecule has 1 aromatic rings. The Morgan fingerprint density at radius 2 is 1.06 bits per heavy atom. The van der Waals surface area contributed by atoms with Crippen LogP contribution in [-0.4, -0.2) is 25.4 Å². The molecule has 3 fully saturated rings. The predicted molar refractivity (Wildman–Crippen MR) is 140 cm³/mol. The van der Waals surface area contributed by atoms with E-state index in [1.807, 2.05) is 0 Å². The summed E-state index contributed by atoms with van der Waals surface area (Å²) in [4.78, 5) is 0.223. The van der Waals surface area contributed by atoms with Crippen molar-refractivity contribution in [3.8, 4) is 0 Å². The fourth-order valence-corrected chi connectivity index (χ4v) is 20.8. The zero-order valence-electron chi connectivity index (χ0n) is 18.8. The van der Waals surface area contributed by atoms with Crippen LogP contribution in [0.25, 0.3) is 0 Å². The van der Waals surface area contributed by atoms with Crippen molar-refractivity contribution in [3.63, 3.8) is 0 Å². The predicted octanol–water partition coefficient (Wildman–Crippen LogP) is 8.98. The molecule has 0 aromatic heterocycles. The molecule has 0 unspecified atom stereocenters. The van der Waals surface area contributed by atoms with Crippen LogP contribution in [0.3, 0.4) is 0 Å². The number of halogens is 2. The Balaban J connectivity index is 1.79. The number of hydrogen-bond donors (Lipinski definition) is 0. The summed E-state index contributed by atoms with van der Waals surface area (Å²) in [5.41, 5.74) is 3.83. The summed E-state index contributed by atoms with van der Waals surface area (Å²) in [7, 11) is 1.94. The first kappa shape index (κ1) is 24.5. The van der Waals surface area contributed by atoms with Gasteiger partial charge in [0.15, 0.2) is 0 Å². The Bertz CT molecular complexity index is 790. The molecule has 3 saturated carbocycles. The summed E-state index contributed by atoms with van der Waals surface area (Å²) in [6, 6.07) is 7.59. The van der Waals surface area contributed by atoms with Crippen LogP contribution in [0.1, 0.15) is 102 Å². The van der Waals surface area contributed by atoms with Crippen molar-refractivity contribution in [2.45, 2.75) is 124 Å². The maximum absolute atomic E-state index is 11.8. The molecule has 3 aliphatic carbocycles. The molecule has 0 atom stereocenters. The van der Waals surface area contributed by atoms with Gasteiger partial charge in [-0.25, -0.2) is 0 Å². The van der Waals surface area contributed by atoms with Crippen molar-refractivity contribution in [2.24, 2.45) is 0 Å². The third-order valence-electron chi connectivity index (χ3n) is 8.90. The Hall–Kier alpha value is 0.370. The van der Waals surface area contributed by atoms with Gasteiger partial charge in [-0.15, -0.1) is 0 Å². The molecule has 176 valence electrons. The van der Waals surface area contributed by atoms with Crippen molar-refractivity contribution in [1.82, 2.24) is 0 Å². The summed E-state index contributed by atoms with van der Waals surface area (Å²) >= 11 is 4.86. The summed E-state index contributed by atoms with van der Waals surface area (Å²) in [5.74, 6) is 0. The number of benzene rings is 1. The molecule has 0 N–H and O–H groups in total. The minimum atomic E-state index is -3.67. The van der Waals surface area contributed by atoms with Crippen LogP contribution < -0.4 is 0 Å². The SMILES string of the molecule is O=S(=O)(Cl)c1ccc(CP(Br)(C2CCCCC2)(C2CCCCC2)C2CCCCC2)cc1. The molecule has 31 heavy (non-hydrogen) atoms. The Morgan fingerprint density at radius 3 is 1.39 bits per heavy atom. The van der Waals surface area contributed by atoms with E-state index in [1.54, 1.807) is 12.1 Å². The van der Waals surface area contributed by atoms with Crippen LogP contribution in [0.15, 0.2) is 29.2 Å². The van der Waals surface area contributed by atoms with Crippen molar-refractivity contribution < 1.29 is 8.42 Å². The quantitative estimate of drug-likeness (QED) is 0.262. The van der Waals surface area contributed by atoms with Crippen LogP contribution in [0.4, 0.5) is 0 Å².